The van der Waals surface area contributed by atoms with E-state index in [1.54, 1.807) is 6.20 Å². The Morgan fingerprint density at radius 3 is 2.60 bits per heavy atom. The summed E-state index contributed by atoms with van der Waals surface area (Å²) in [4.78, 5) is 6.72. The normalized spacial score (nSPS) is 13.9. The van der Waals surface area contributed by atoms with Gasteiger partial charge in [0.1, 0.15) is 18.2 Å². The molecule has 1 fully saturated rings. The monoisotopic (exact) mass is 401 g/mol. The molecule has 5 heteroatoms. The van der Waals surface area contributed by atoms with Crippen LogP contribution in [0.3, 0.4) is 0 Å². The smallest absolute Gasteiger partial charge is 0.232 e. The van der Waals surface area contributed by atoms with Crippen LogP contribution in [0.25, 0.3) is 21.9 Å². The number of rotatable bonds is 7. The molecule has 0 atom stereocenters. The fourth-order valence-electron chi connectivity index (χ4n) is 3.99. The minimum atomic E-state index is 0.357. The first kappa shape index (κ1) is 20.2. The van der Waals surface area contributed by atoms with Crippen molar-refractivity contribution in [2.24, 2.45) is 0 Å². The summed E-state index contributed by atoms with van der Waals surface area (Å²) < 4.78 is 11.0. The lowest BCUT2D eigenvalue weighted by Crippen LogP contribution is -2.29. The Bertz CT molecular complexity index is 1050. The zero-order valence-corrected chi connectivity index (χ0v) is 17.4. The topological polar surface area (TPSA) is 58.4 Å². The van der Waals surface area contributed by atoms with Crippen LogP contribution in [0.1, 0.15) is 31.7 Å². The van der Waals surface area contributed by atoms with E-state index in [-0.39, 0.29) is 0 Å². The van der Waals surface area contributed by atoms with E-state index in [0.29, 0.717) is 31.3 Å². The summed E-state index contributed by atoms with van der Waals surface area (Å²) >= 11 is 0. The van der Waals surface area contributed by atoms with Gasteiger partial charge in [-0.2, -0.15) is 5.26 Å². The predicted octanol–water partition coefficient (Wildman–Crippen LogP) is 5.18. The van der Waals surface area contributed by atoms with Crippen LogP contribution in [-0.4, -0.2) is 37.9 Å². The number of anilines is 1. The third kappa shape index (κ3) is 4.39. The first-order valence-electron chi connectivity index (χ1n) is 10.7. The van der Waals surface area contributed by atoms with Crippen molar-refractivity contribution in [3.8, 4) is 23.1 Å². The zero-order valence-electron chi connectivity index (χ0n) is 17.4. The lowest BCUT2D eigenvalue weighted by molar-refractivity contribution is 0.108. The summed E-state index contributed by atoms with van der Waals surface area (Å²) in [6.45, 7) is 5.70. The second-order valence-electron chi connectivity index (χ2n) is 7.49. The maximum atomic E-state index is 9.75. The van der Waals surface area contributed by atoms with E-state index in [0.717, 1.165) is 29.6 Å². The molecule has 1 saturated heterocycles. The van der Waals surface area contributed by atoms with E-state index >= 15 is 0 Å². The number of hydrogen-bond acceptors (Lipinski definition) is 5. The molecule has 0 aliphatic carbocycles. The number of pyridine rings is 1. The summed E-state index contributed by atoms with van der Waals surface area (Å²) in [5.41, 5.74) is 3.57. The molecule has 5 nitrogen and oxygen atoms in total. The number of benzene rings is 2. The number of aromatic nitrogens is 1. The number of hydrogen-bond donors (Lipinski definition) is 0. The molecule has 1 aliphatic rings. The molecule has 0 radical (unpaired) electrons. The molecule has 0 spiro atoms. The second-order valence-corrected chi connectivity index (χ2v) is 7.49. The van der Waals surface area contributed by atoms with Gasteiger partial charge in [0.2, 0.25) is 5.88 Å². The standard InChI is InChI=1S/C25H27N3O2/c1-2-29-14-15-30-25-24(18-26)23(10-11-27-25)21-7-6-20-17-22(9-8-19(20)16-21)28-12-4-3-5-13-28/h6-11,16-17H,2-5,12-15H2,1H3. The Morgan fingerprint density at radius 2 is 1.80 bits per heavy atom. The van der Waals surface area contributed by atoms with Crippen molar-refractivity contribution < 1.29 is 9.47 Å². The molecule has 2 aromatic carbocycles. The van der Waals surface area contributed by atoms with Crippen molar-refractivity contribution >= 4 is 16.5 Å². The third-order valence-corrected chi connectivity index (χ3v) is 5.55. The first-order valence-corrected chi connectivity index (χ1v) is 10.7. The maximum Gasteiger partial charge on any atom is 0.232 e. The Labute approximate surface area is 177 Å². The summed E-state index contributed by atoms with van der Waals surface area (Å²) in [6, 6.07) is 17.1. The van der Waals surface area contributed by atoms with Gasteiger partial charge in [0.05, 0.1) is 6.61 Å². The largest absolute Gasteiger partial charge is 0.474 e. The van der Waals surface area contributed by atoms with E-state index in [9.17, 15) is 5.26 Å². The summed E-state index contributed by atoms with van der Waals surface area (Å²) in [5, 5.41) is 12.1. The fraction of sp³-hybridized carbons (Fsp3) is 0.360. The number of ether oxygens (including phenoxy) is 2. The fourth-order valence-corrected chi connectivity index (χ4v) is 3.99. The van der Waals surface area contributed by atoms with Gasteiger partial charge in [0, 0.05) is 37.1 Å². The highest BCUT2D eigenvalue weighted by molar-refractivity contribution is 5.90. The highest BCUT2D eigenvalue weighted by Crippen LogP contribution is 2.32. The SMILES string of the molecule is CCOCCOc1nccc(-c2ccc3cc(N4CCCCC4)ccc3c2)c1C#N. The summed E-state index contributed by atoms with van der Waals surface area (Å²) in [5.74, 6) is 0.357. The van der Waals surface area contributed by atoms with Gasteiger partial charge in [-0.25, -0.2) is 4.98 Å². The van der Waals surface area contributed by atoms with Gasteiger partial charge in [-0.3, -0.25) is 0 Å². The number of piperidine rings is 1. The highest BCUT2D eigenvalue weighted by Gasteiger charge is 2.14. The maximum absolute atomic E-state index is 9.75. The van der Waals surface area contributed by atoms with Gasteiger partial charge in [-0.1, -0.05) is 18.2 Å². The van der Waals surface area contributed by atoms with E-state index < -0.39 is 0 Å². The molecule has 1 aliphatic heterocycles. The molecule has 154 valence electrons. The van der Waals surface area contributed by atoms with Crippen molar-refractivity contribution in [3.63, 3.8) is 0 Å². The van der Waals surface area contributed by atoms with Gasteiger partial charge in [-0.05, 0) is 66.8 Å². The lowest BCUT2D eigenvalue weighted by Gasteiger charge is -2.29. The van der Waals surface area contributed by atoms with Crippen molar-refractivity contribution in [2.45, 2.75) is 26.2 Å². The Balaban J connectivity index is 1.62. The quantitative estimate of drug-likeness (QED) is 0.511. The average molecular weight is 402 g/mol. The summed E-state index contributed by atoms with van der Waals surface area (Å²) in [6.07, 6.45) is 5.56. The Kier molecular flexibility index (Phi) is 6.46. The minimum Gasteiger partial charge on any atom is -0.474 e. The number of nitrogens with zero attached hydrogens (tertiary/aromatic N) is 3. The van der Waals surface area contributed by atoms with Crippen LogP contribution in [0.2, 0.25) is 0 Å². The molecule has 1 aromatic heterocycles. The number of fused-ring (bicyclic) bond motifs is 1. The van der Waals surface area contributed by atoms with Crippen LogP contribution >= 0.6 is 0 Å². The second kappa shape index (κ2) is 9.60. The highest BCUT2D eigenvalue weighted by atomic mass is 16.5. The van der Waals surface area contributed by atoms with E-state index in [1.807, 2.05) is 13.0 Å². The molecule has 4 rings (SSSR count). The molecule has 3 aromatic rings. The van der Waals surface area contributed by atoms with Gasteiger partial charge < -0.3 is 14.4 Å². The van der Waals surface area contributed by atoms with Crippen molar-refractivity contribution in [1.82, 2.24) is 4.98 Å². The average Bonchev–Trinajstić information content (AvgIpc) is 2.81. The molecule has 30 heavy (non-hydrogen) atoms. The molecule has 0 N–H and O–H groups in total. The Morgan fingerprint density at radius 1 is 1.00 bits per heavy atom. The Hall–Kier alpha value is -3.10. The molecule has 0 unspecified atom stereocenters. The molecule has 2 heterocycles. The van der Waals surface area contributed by atoms with E-state index in [1.165, 1.54) is 30.3 Å². The van der Waals surface area contributed by atoms with Gasteiger partial charge >= 0.3 is 0 Å². The predicted molar refractivity (Wildman–Crippen MR) is 120 cm³/mol. The van der Waals surface area contributed by atoms with E-state index in [2.05, 4.69) is 52.4 Å². The van der Waals surface area contributed by atoms with Crippen molar-refractivity contribution in [3.05, 3.63) is 54.2 Å². The molecule has 0 amide bonds. The van der Waals surface area contributed by atoms with Gasteiger partial charge in [0.15, 0.2) is 0 Å². The molecule has 0 saturated carbocycles. The van der Waals surface area contributed by atoms with Gasteiger partial charge in [-0.15, -0.1) is 0 Å². The van der Waals surface area contributed by atoms with Crippen LogP contribution in [0.5, 0.6) is 5.88 Å². The van der Waals surface area contributed by atoms with Gasteiger partial charge in [0.25, 0.3) is 0 Å². The third-order valence-electron chi connectivity index (χ3n) is 5.55. The van der Waals surface area contributed by atoms with Crippen molar-refractivity contribution in [2.75, 3.05) is 37.8 Å². The van der Waals surface area contributed by atoms with Crippen LogP contribution in [0, 0.1) is 11.3 Å². The molecular weight excluding hydrogens is 374 g/mol. The van der Waals surface area contributed by atoms with Crippen LogP contribution in [0.15, 0.2) is 48.7 Å². The van der Waals surface area contributed by atoms with Crippen LogP contribution in [-0.2, 0) is 4.74 Å². The first-order chi connectivity index (χ1) is 14.8. The van der Waals surface area contributed by atoms with Crippen LogP contribution in [0.4, 0.5) is 5.69 Å². The lowest BCUT2D eigenvalue weighted by atomic mass is 9.98. The van der Waals surface area contributed by atoms with Crippen LogP contribution < -0.4 is 9.64 Å². The number of nitriles is 1. The zero-order chi connectivity index (χ0) is 20.8. The molecule has 0 bridgehead atoms. The van der Waals surface area contributed by atoms with E-state index in [4.69, 9.17) is 9.47 Å². The summed E-state index contributed by atoms with van der Waals surface area (Å²) in [7, 11) is 0. The molecular formula is C25H27N3O2. The van der Waals surface area contributed by atoms with Crippen molar-refractivity contribution in [1.29, 1.82) is 5.26 Å². The minimum absolute atomic E-state index is 0.357.